The standard InChI is InChI=1S/C14H16BrNO2/c1-2-18-14(17)11-8-9(6-7-13(11)16)10-4-3-5-12(10)15/h6-8H,2-5,16H2,1H3. The Morgan fingerprint density at radius 1 is 1.44 bits per heavy atom. The molecular formula is C14H16BrNO2. The molecule has 1 aromatic carbocycles. The Labute approximate surface area is 115 Å². The number of carbonyl (C=O) groups excluding carboxylic acids is 1. The van der Waals surface area contributed by atoms with Gasteiger partial charge in [-0.3, -0.25) is 0 Å². The van der Waals surface area contributed by atoms with E-state index in [1.54, 1.807) is 13.0 Å². The number of benzene rings is 1. The number of nitrogen functional groups attached to an aromatic ring is 1. The molecule has 0 aliphatic heterocycles. The van der Waals surface area contributed by atoms with Gasteiger partial charge in [0.15, 0.2) is 0 Å². The highest BCUT2D eigenvalue weighted by molar-refractivity contribution is 9.11. The molecule has 0 heterocycles. The van der Waals surface area contributed by atoms with Crippen LogP contribution in [0.15, 0.2) is 22.7 Å². The maximum atomic E-state index is 11.8. The van der Waals surface area contributed by atoms with Gasteiger partial charge in [0.25, 0.3) is 0 Å². The number of nitrogens with two attached hydrogens (primary N) is 1. The van der Waals surface area contributed by atoms with E-state index in [2.05, 4.69) is 15.9 Å². The Morgan fingerprint density at radius 3 is 2.83 bits per heavy atom. The SMILES string of the molecule is CCOC(=O)c1cc(C2=C(Br)CCC2)ccc1N. The summed E-state index contributed by atoms with van der Waals surface area (Å²) in [5.41, 5.74) is 9.06. The van der Waals surface area contributed by atoms with E-state index in [-0.39, 0.29) is 5.97 Å². The second kappa shape index (κ2) is 5.57. The number of carbonyl (C=O) groups is 1. The molecule has 3 nitrogen and oxygen atoms in total. The molecule has 0 radical (unpaired) electrons. The van der Waals surface area contributed by atoms with E-state index in [4.69, 9.17) is 10.5 Å². The van der Waals surface area contributed by atoms with Crippen molar-refractivity contribution in [1.29, 1.82) is 0 Å². The van der Waals surface area contributed by atoms with Crippen LogP contribution >= 0.6 is 15.9 Å². The molecule has 1 aliphatic carbocycles. The second-order valence-electron chi connectivity index (χ2n) is 4.26. The summed E-state index contributed by atoms with van der Waals surface area (Å²) in [6.07, 6.45) is 3.25. The minimum absolute atomic E-state index is 0.355. The number of hydrogen-bond acceptors (Lipinski definition) is 3. The third-order valence-electron chi connectivity index (χ3n) is 3.05. The molecule has 0 atom stereocenters. The molecule has 0 unspecified atom stereocenters. The van der Waals surface area contributed by atoms with E-state index in [0.29, 0.717) is 17.9 Å². The molecule has 0 amide bonds. The van der Waals surface area contributed by atoms with Gasteiger partial charge in [0.1, 0.15) is 0 Å². The van der Waals surface area contributed by atoms with E-state index in [1.807, 2.05) is 12.1 Å². The van der Waals surface area contributed by atoms with Gasteiger partial charge in [0.05, 0.1) is 12.2 Å². The molecule has 4 heteroatoms. The van der Waals surface area contributed by atoms with E-state index in [1.165, 1.54) is 10.1 Å². The summed E-state index contributed by atoms with van der Waals surface area (Å²) in [4.78, 5) is 11.8. The van der Waals surface area contributed by atoms with Crippen LogP contribution in [0, 0.1) is 0 Å². The van der Waals surface area contributed by atoms with Gasteiger partial charge < -0.3 is 10.5 Å². The van der Waals surface area contributed by atoms with E-state index < -0.39 is 0 Å². The molecular weight excluding hydrogens is 294 g/mol. The summed E-state index contributed by atoms with van der Waals surface area (Å²) in [6.45, 7) is 2.14. The number of esters is 1. The maximum Gasteiger partial charge on any atom is 0.340 e. The predicted molar refractivity (Wildman–Crippen MR) is 76.5 cm³/mol. The van der Waals surface area contributed by atoms with Crippen molar-refractivity contribution in [3.63, 3.8) is 0 Å². The quantitative estimate of drug-likeness (QED) is 0.683. The first-order valence-electron chi connectivity index (χ1n) is 6.08. The molecule has 0 fully saturated rings. The minimum Gasteiger partial charge on any atom is -0.462 e. The summed E-state index contributed by atoms with van der Waals surface area (Å²) in [7, 11) is 0. The fraction of sp³-hybridized carbons (Fsp3) is 0.357. The van der Waals surface area contributed by atoms with Crippen molar-refractivity contribution >= 4 is 33.2 Å². The van der Waals surface area contributed by atoms with Crippen LogP contribution in [0.1, 0.15) is 42.1 Å². The molecule has 0 saturated heterocycles. The molecule has 0 bridgehead atoms. The number of halogens is 1. The van der Waals surface area contributed by atoms with E-state index in [0.717, 1.165) is 24.8 Å². The first kappa shape index (κ1) is 13.1. The van der Waals surface area contributed by atoms with Gasteiger partial charge >= 0.3 is 5.97 Å². The third kappa shape index (κ3) is 2.58. The highest BCUT2D eigenvalue weighted by Crippen LogP contribution is 2.37. The molecule has 0 saturated carbocycles. The Kier molecular flexibility index (Phi) is 4.07. The van der Waals surface area contributed by atoms with Gasteiger partial charge in [0.2, 0.25) is 0 Å². The lowest BCUT2D eigenvalue weighted by Crippen LogP contribution is -2.08. The predicted octanol–water partition coefficient (Wildman–Crippen LogP) is 3.74. The van der Waals surface area contributed by atoms with Crippen molar-refractivity contribution in [3.8, 4) is 0 Å². The summed E-state index contributed by atoms with van der Waals surface area (Å²) in [5, 5.41) is 0. The number of ether oxygens (including phenoxy) is 1. The second-order valence-corrected chi connectivity index (χ2v) is 5.22. The monoisotopic (exact) mass is 309 g/mol. The van der Waals surface area contributed by atoms with Gasteiger partial charge in [-0.05, 0) is 53.9 Å². The van der Waals surface area contributed by atoms with Gasteiger partial charge in [0, 0.05) is 5.69 Å². The van der Waals surface area contributed by atoms with Crippen molar-refractivity contribution in [1.82, 2.24) is 0 Å². The van der Waals surface area contributed by atoms with Gasteiger partial charge in [-0.25, -0.2) is 4.79 Å². The number of hydrogen-bond donors (Lipinski definition) is 1. The molecule has 2 rings (SSSR count). The molecule has 2 N–H and O–H groups in total. The van der Waals surface area contributed by atoms with Crippen LogP contribution in [0.5, 0.6) is 0 Å². The molecule has 1 aliphatic rings. The molecule has 1 aromatic rings. The summed E-state index contributed by atoms with van der Waals surface area (Å²) >= 11 is 3.58. The van der Waals surface area contributed by atoms with Crippen LogP contribution in [0.4, 0.5) is 5.69 Å². The Hall–Kier alpha value is -1.29. The highest BCUT2D eigenvalue weighted by Gasteiger charge is 2.17. The Morgan fingerprint density at radius 2 is 2.22 bits per heavy atom. The van der Waals surface area contributed by atoms with Gasteiger partial charge in [-0.2, -0.15) is 0 Å². The van der Waals surface area contributed by atoms with Crippen LogP contribution in [-0.2, 0) is 4.74 Å². The first-order valence-corrected chi connectivity index (χ1v) is 6.87. The summed E-state index contributed by atoms with van der Waals surface area (Å²) < 4.78 is 6.23. The third-order valence-corrected chi connectivity index (χ3v) is 3.92. The lowest BCUT2D eigenvalue weighted by molar-refractivity contribution is 0.0527. The Bertz CT molecular complexity index is 509. The first-order chi connectivity index (χ1) is 8.63. The normalized spacial score (nSPS) is 15.0. The van der Waals surface area contributed by atoms with Crippen LogP contribution in [0.3, 0.4) is 0 Å². The largest absolute Gasteiger partial charge is 0.462 e. The van der Waals surface area contributed by atoms with Crippen LogP contribution in [-0.4, -0.2) is 12.6 Å². The average molecular weight is 310 g/mol. The van der Waals surface area contributed by atoms with Crippen molar-refractivity contribution in [2.75, 3.05) is 12.3 Å². The number of rotatable bonds is 3. The van der Waals surface area contributed by atoms with E-state index >= 15 is 0 Å². The summed E-state index contributed by atoms with van der Waals surface area (Å²) in [6, 6.07) is 5.56. The number of anilines is 1. The summed E-state index contributed by atoms with van der Waals surface area (Å²) in [5.74, 6) is -0.355. The smallest absolute Gasteiger partial charge is 0.340 e. The van der Waals surface area contributed by atoms with Gasteiger partial charge in [-0.1, -0.05) is 22.0 Å². The molecule has 0 aromatic heterocycles. The fourth-order valence-electron chi connectivity index (χ4n) is 2.14. The number of allylic oxidation sites excluding steroid dienone is 2. The lowest BCUT2D eigenvalue weighted by Gasteiger charge is -2.09. The van der Waals surface area contributed by atoms with Crippen molar-refractivity contribution in [2.24, 2.45) is 0 Å². The topological polar surface area (TPSA) is 52.3 Å². The zero-order chi connectivity index (χ0) is 13.1. The zero-order valence-electron chi connectivity index (χ0n) is 10.3. The molecule has 18 heavy (non-hydrogen) atoms. The minimum atomic E-state index is -0.355. The van der Waals surface area contributed by atoms with Crippen molar-refractivity contribution in [3.05, 3.63) is 33.8 Å². The maximum absolute atomic E-state index is 11.8. The van der Waals surface area contributed by atoms with Crippen molar-refractivity contribution < 1.29 is 9.53 Å². The van der Waals surface area contributed by atoms with Crippen LogP contribution < -0.4 is 5.73 Å². The van der Waals surface area contributed by atoms with Crippen LogP contribution in [0.25, 0.3) is 5.57 Å². The van der Waals surface area contributed by atoms with E-state index in [9.17, 15) is 4.79 Å². The fourth-order valence-corrected chi connectivity index (χ4v) is 2.84. The van der Waals surface area contributed by atoms with Crippen LogP contribution in [0.2, 0.25) is 0 Å². The van der Waals surface area contributed by atoms with Crippen molar-refractivity contribution in [2.45, 2.75) is 26.2 Å². The highest BCUT2D eigenvalue weighted by atomic mass is 79.9. The zero-order valence-corrected chi connectivity index (χ0v) is 11.9. The molecule has 96 valence electrons. The average Bonchev–Trinajstić information content (AvgIpc) is 2.76. The lowest BCUT2D eigenvalue weighted by atomic mass is 10.0. The molecule has 0 spiro atoms. The van der Waals surface area contributed by atoms with Gasteiger partial charge in [-0.15, -0.1) is 0 Å². The Balaban J connectivity index is 2.38.